The standard InChI is InChI=1S/C16H23NO4/c1-16(2,3)12(9-14(18)19)10-17-15(20)11-6-5-7-13(8-11)21-4/h5-8,12H,9-10H2,1-4H3,(H,17,20)(H,18,19). The maximum atomic E-state index is 12.1. The summed E-state index contributed by atoms with van der Waals surface area (Å²) in [4.78, 5) is 23.0. The van der Waals surface area contributed by atoms with Crippen LogP contribution < -0.4 is 10.1 Å². The fourth-order valence-electron chi connectivity index (χ4n) is 1.98. The van der Waals surface area contributed by atoms with Crippen LogP contribution in [0.25, 0.3) is 0 Å². The third-order valence-electron chi connectivity index (χ3n) is 3.49. The number of carboxylic acid groups (broad SMARTS) is 1. The summed E-state index contributed by atoms with van der Waals surface area (Å²) in [6, 6.07) is 6.85. The highest BCUT2D eigenvalue weighted by atomic mass is 16.5. The first-order chi connectivity index (χ1) is 9.74. The topological polar surface area (TPSA) is 75.6 Å². The summed E-state index contributed by atoms with van der Waals surface area (Å²) in [5, 5.41) is 11.8. The molecule has 0 aliphatic heterocycles. The molecule has 0 aliphatic rings. The van der Waals surface area contributed by atoms with Crippen LogP contribution >= 0.6 is 0 Å². The Balaban J connectivity index is 2.70. The molecule has 1 unspecified atom stereocenters. The molecule has 0 fully saturated rings. The normalized spacial score (nSPS) is 12.6. The number of amides is 1. The molecule has 116 valence electrons. The number of nitrogens with one attached hydrogen (secondary N) is 1. The van der Waals surface area contributed by atoms with Crippen molar-refractivity contribution in [2.75, 3.05) is 13.7 Å². The van der Waals surface area contributed by atoms with E-state index in [2.05, 4.69) is 5.32 Å². The first-order valence-electron chi connectivity index (χ1n) is 6.88. The fraction of sp³-hybridized carbons (Fsp3) is 0.500. The van der Waals surface area contributed by atoms with E-state index in [9.17, 15) is 9.59 Å². The zero-order valence-corrected chi connectivity index (χ0v) is 13.0. The molecule has 1 atom stereocenters. The van der Waals surface area contributed by atoms with Crippen molar-refractivity contribution in [2.24, 2.45) is 11.3 Å². The molecule has 0 radical (unpaired) electrons. The lowest BCUT2D eigenvalue weighted by Gasteiger charge is -2.29. The van der Waals surface area contributed by atoms with Crippen molar-refractivity contribution < 1.29 is 19.4 Å². The van der Waals surface area contributed by atoms with Gasteiger partial charge in [-0.05, 0) is 29.5 Å². The maximum absolute atomic E-state index is 12.1. The second-order valence-electron chi connectivity index (χ2n) is 6.10. The number of aliphatic carboxylic acids is 1. The summed E-state index contributed by atoms with van der Waals surface area (Å²) < 4.78 is 5.08. The minimum Gasteiger partial charge on any atom is -0.497 e. The fourth-order valence-corrected chi connectivity index (χ4v) is 1.98. The van der Waals surface area contributed by atoms with E-state index in [0.717, 1.165) is 0 Å². The van der Waals surface area contributed by atoms with Crippen molar-refractivity contribution in [3.05, 3.63) is 29.8 Å². The average Bonchev–Trinajstić information content (AvgIpc) is 2.41. The van der Waals surface area contributed by atoms with Gasteiger partial charge < -0.3 is 15.2 Å². The lowest BCUT2D eigenvalue weighted by Crippen LogP contribution is -2.36. The van der Waals surface area contributed by atoms with Gasteiger partial charge >= 0.3 is 5.97 Å². The average molecular weight is 293 g/mol. The Morgan fingerprint density at radius 3 is 2.52 bits per heavy atom. The van der Waals surface area contributed by atoms with Gasteiger partial charge in [0.05, 0.1) is 13.5 Å². The molecule has 1 rings (SSSR count). The van der Waals surface area contributed by atoms with Gasteiger partial charge in [0.15, 0.2) is 0 Å². The van der Waals surface area contributed by atoms with Crippen molar-refractivity contribution in [1.82, 2.24) is 5.32 Å². The molecule has 1 aromatic rings. The van der Waals surface area contributed by atoms with Gasteiger partial charge in [-0.15, -0.1) is 0 Å². The lowest BCUT2D eigenvalue weighted by molar-refractivity contribution is -0.139. The van der Waals surface area contributed by atoms with Crippen molar-refractivity contribution >= 4 is 11.9 Å². The summed E-state index contributed by atoms with van der Waals surface area (Å²) in [5.41, 5.74) is 0.303. The molecule has 0 saturated heterocycles. The summed E-state index contributed by atoms with van der Waals surface area (Å²) in [5.74, 6) is -0.607. The highest BCUT2D eigenvalue weighted by molar-refractivity contribution is 5.94. The number of carbonyl (C=O) groups excluding carboxylic acids is 1. The highest BCUT2D eigenvalue weighted by Crippen LogP contribution is 2.28. The molecule has 5 heteroatoms. The van der Waals surface area contributed by atoms with Gasteiger partial charge in [0.2, 0.25) is 0 Å². The molecule has 0 aromatic heterocycles. The molecule has 0 bridgehead atoms. The van der Waals surface area contributed by atoms with Crippen LogP contribution in [0.15, 0.2) is 24.3 Å². The summed E-state index contributed by atoms with van der Waals surface area (Å²) >= 11 is 0. The number of carboxylic acids is 1. The van der Waals surface area contributed by atoms with Gasteiger partial charge in [0.25, 0.3) is 5.91 Å². The number of methoxy groups -OCH3 is 1. The Hall–Kier alpha value is -2.04. The van der Waals surface area contributed by atoms with E-state index >= 15 is 0 Å². The summed E-state index contributed by atoms with van der Waals surface area (Å²) in [6.45, 7) is 6.24. The van der Waals surface area contributed by atoms with Gasteiger partial charge in [-0.25, -0.2) is 0 Å². The van der Waals surface area contributed by atoms with E-state index in [0.29, 0.717) is 17.9 Å². The highest BCUT2D eigenvalue weighted by Gasteiger charge is 2.27. The Bertz CT molecular complexity index is 505. The van der Waals surface area contributed by atoms with E-state index in [1.165, 1.54) is 0 Å². The Kier molecular flexibility index (Phi) is 5.76. The molecule has 0 saturated carbocycles. The van der Waals surface area contributed by atoms with Crippen LogP contribution in [0.5, 0.6) is 5.75 Å². The van der Waals surface area contributed by atoms with Crippen molar-refractivity contribution in [3.8, 4) is 5.75 Å². The van der Waals surface area contributed by atoms with Gasteiger partial charge in [0, 0.05) is 12.1 Å². The van der Waals surface area contributed by atoms with Crippen LogP contribution in [-0.2, 0) is 4.79 Å². The van der Waals surface area contributed by atoms with Crippen LogP contribution in [-0.4, -0.2) is 30.6 Å². The second-order valence-corrected chi connectivity index (χ2v) is 6.10. The molecular weight excluding hydrogens is 270 g/mol. The SMILES string of the molecule is COc1cccc(C(=O)NCC(CC(=O)O)C(C)(C)C)c1. The van der Waals surface area contributed by atoms with Crippen LogP contribution in [0.2, 0.25) is 0 Å². The monoisotopic (exact) mass is 293 g/mol. The predicted octanol–water partition coefficient (Wildman–Crippen LogP) is 2.56. The molecule has 0 aliphatic carbocycles. The van der Waals surface area contributed by atoms with Crippen molar-refractivity contribution in [3.63, 3.8) is 0 Å². The molecule has 0 spiro atoms. The molecule has 0 heterocycles. The number of hydrogen-bond donors (Lipinski definition) is 2. The van der Waals surface area contributed by atoms with Crippen LogP contribution in [0, 0.1) is 11.3 Å². The third-order valence-corrected chi connectivity index (χ3v) is 3.49. The second kappa shape index (κ2) is 7.11. The molecule has 1 aromatic carbocycles. The Labute approximate surface area is 125 Å². The minimum absolute atomic E-state index is 0.0297. The van der Waals surface area contributed by atoms with E-state index in [-0.39, 0.29) is 23.7 Å². The molecule has 2 N–H and O–H groups in total. The summed E-state index contributed by atoms with van der Waals surface area (Å²) in [6.07, 6.45) is 0.0297. The van der Waals surface area contributed by atoms with Crippen LogP contribution in [0.4, 0.5) is 0 Å². The first-order valence-corrected chi connectivity index (χ1v) is 6.88. The van der Waals surface area contributed by atoms with E-state index < -0.39 is 5.97 Å². The lowest BCUT2D eigenvalue weighted by atomic mass is 9.78. The number of hydrogen-bond acceptors (Lipinski definition) is 3. The number of carbonyl (C=O) groups is 2. The van der Waals surface area contributed by atoms with Crippen molar-refractivity contribution in [2.45, 2.75) is 27.2 Å². The Morgan fingerprint density at radius 1 is 1.33 bits per heavy atom. The predicted molar refractivity (Wildman–Crippen MR) is 80.5 cm³/mol. The first kappa shape index (κ1) is 17.0. The number of ether oxygens (including phenoxy) is 1. The van der Waals surface area contributed by atoms with Gasteiger partial charge in [-0.1, -0.05) is 26.8 Å². The zero-order chi connectivity index (χ0) is 16.0. The zero-order valence-electron chi connectivity index (χ0n) is 13.0. The van der Waals surface area contributed by atoms with Crippen molar-refractivity contribution in [1.29, 1.82) is 0 Å². The van der Waals surface area contributed by atoms with Crippen LogP contribution in [0.1, 0.15) is 37.6 Å². The smallest absolute Gasteiger partial charge is 0.303 e. The van der Waals surface area contributed by atoms with Crippen LogP contribution in [0.3, 0.4) is 0 Å². The molecule has 21 heavy (non-hydrogen) atoms. The Morgan fingerprint density at radius 2 is 2.00 bits per heavy atom. The molecular formula is C16H23NO4. The van der Waals surface area contributed by atoms with Gasteiger partial charge in [-0.2, -0.15) is 0 Å². The van der Waals surface area contributed by atoms with E-state index in [4.69, 9.17) is 9.84 Å². The van der Waals surface area contributed by atoms with E-state index in [1.807, 2.05) is 20.8 Å². The maximum Gasteiger partial charge on any atom is 0.303 e. The summed E-state index contributed by atoms with van der Waals surface area (Å²) in [7, 11) is 1.54. The van der Waals surface area contributed by atoms with E-state index in [1.54, 1.807) is 31.4 Å². The number of benzene rings is 1. The largest absolute Gasteiger partial charge is 0.497 e. The number of rotatable bonds is 6. The van der Waals surface area contributed by atoms with Gasteiger partial charge in [0.1, 0.15) is 5.75 Å². The quantitative estimate of drug-likeness (QED) is 0.845. The molecule has 1 amide bonds. The minimum atomic E-state index is -0.856. The van der Waals surface area contributed by atoms with Gasteiger partial charge in [-0.3, -0.25) is 9.59 Å². The molecule has 5 nitrogen and oxygen atoms in total. The third kappa shape index (κ3) is 5.45.